The van der Waals surface area contributed by atoms with Crippen LogP contribution in [0.2, 0.25) is 0 Å². The number of rotatable bonds is 9. The van der Waals surface area contributed by atoms with E-state index in [1.807, 2.05) is 12.1 Å². The molecular formula is C17H15FN6O2S. The maximum absolute atomic E-state index is 13.0. The molecule has 0 aliphatic heterocycles. The second-order valence-corrected chi connectivity index (χ2v) is 6.24. The van der Waals surface area contributed by atoms with Gasteiger partial charge in [-0.1, -0.05) is 16.9 Å². The molecule has 0 amide bonds. The fourth-order valence-electron chi connectivity index (χ4n) is 2.06. The van der Waals surface area contributed by atoms with E-state index in [9.17, 15) is 4.39 Å². The predicted molar refractivity (Wildman–Crippen MR) is 97.6 cm³/mol. The van der Waals surface area contributed by atoms with Gasteiger partial charge in [-0.25, -0.2) is 4.39 Å². The van der Waals surface area contributed by atoms with Gasteiger partial charge >= 0.3 is 0 Å². The first-order valence-electron chi connectivity index (χ1n) is 8.05. The summed E-state index contributed by atoms with van der Waals surface area (Å²) in [4.78, 5) is 7.01. The topological polar surface area (TPSA) is 110 Å². The van der Waals surface area contributed by atoms with Crippen molar-refractivity contribution < 1.29 is 13.5 Å². The van der Waals surface area contributed by atoms with Crippen LogP contribution in [0.25, 0.3) is 21.9 Å². The van der Waals surface area contributed by atoms with E-state index in [1.54, 1.807) is 18.3 Å². The Kier molecular flexibility index (Phi) is 6.61. The van der Waals surface area contributed by atoms with Crippen LogP contribution in [-0.4, -0.2) is 28.3 Å². The van der Waals surface area contributed by atoms with Crippen LogP contribution in [0.4, 0.5) is 4.39 Å². The number of ether oxygens (including phenoxy) is 1. The molecule has 0 atom stereocenters. The number of hydrogen-bond donors (Lipinski definition) is 0. The van der Waals surface area contributed by atoms with Crippen LogP contribution in [0.3, 0.4) is 0 Å². The lowest BCUT2D eigenvalue weighted by Crippen LogP contribution is -1.99. The van der Waals surface area contributed by atoms with Crippen molar-refractivity contribution in [1.29, 1.82) is 0 Å². The van der Waals surface area contributed by atoms with Crippen LogP contribution < -0.4 is 4.74 Å². The molecule has 0 fully saturated rings. The van der Waals surface area contributed by atoms with E-state index in [-0.39, 0.29) is 5.82 Å². The Hall–Kier alpha value is -3.10. The number of halogens is 1. The molecule has 0 unspecified atom stereocenters. The number of azide groups is 1. The molecule has 0 bridgehead atoms. The molecule has 0 aliphatic rings. The lowest BCUT2D eigenvalue weighted by atomic mass is 10.2. The summed E-state index contributed by atoms with van der Waals surface area (Å²) in [6.07, 6.45) is 2.29. The highest BCUT2D eigenvalue weighted by atomic mass is 32.2. The molecule has 0 saturated carbocycles. The van der Waals surface area contributed by atoms with Crippen molar-refractivity contribution in [3.8, 4) is 17.2 Å². The van der Waals surface area contributed by atoms with E-state index < -0.39 is 0 Å². The van der Waals surface area contributed by atoms with Crippen molar-refractivity contribution in [3.05, 3.63) is 64.5 Å². The van der Waals surface area contributed by atoms with E-state index in [0.29, 0.717) is 47.8 Å². The van der Waals surface area contributed by atoms with Gasteiger partial charge in [-0.3, -0.25) is 4.98 Å². The third-order valence-corrected chi connectivity index (χ3v) is 4.23. The minimum atomic E-state index is -0.318. The molecule has 1 aromatic carbocycles. The Bertz CT molecular complexity index is 910. The quantitative estimate of drug-likeness (QED) is 0.174. The second-order valence-electron chi connectivity index (χ2n) is 5.31. The lowest BCUT2D eigenvalue weighted by molar-refractivity contribution is 0.312. The summed E-state index contributed by atoms with van der Waals surface area (Å²) in [6.45, 7) is 0.867. The predicted octanol–water partition coefficient (Wildman–Crippen LogP) is 4.64. The summed E-state index contributed by atoms with van der Waals surface area (Å²) >= 11 is 1.36. The number of benzene rings is 1. The summed E-state index contributed by atoms with van der Waals surface area (Å²) in [5.74, 6) is 1.24. The van der Waals surface area contributed by atoms with Crippen LogP contribution in [0.1, 0.15) is 12.1 Å². The van der Waals surface area contributed by atoms with E-state index in [1.165, 1.54) is 23.9 Å². The highest BCUT2D eigenvalue weighted by Gasteiger charge is 2.10. The van der Waals surface area contributed by atoms with Gasteiger partial charge in [0.2, 0.25) is 5.89 Å². The van der Waals surface area contributed by atoms with Crippen LogP contribution in [0.15, 0.2) is 57.3 Å². The Morgan fingerprint density at radius 2 is 2.04 bits per heavy atom. The first kappa shape index (κ1) is 18.7. The summed E-state index contributed by atoms with van der Waals surface area (Å²) in [7, 11) is 0. The smallest absolute Gasteiger partial charge is 0.277 e. The molecule has 10 heteroatoms. The van der Waals surface area contributed by atoms with E-state index >= 15 is 0 Å². The molecule has 3 rings (SSSR count). The number of aromatic nitrogens is 3. The molecular weight excluding hydrogens is 371 g/mol. The average Bonchev–Trinajstić information content (AvgIpc) is 3.17. The van der Waals surface area contributed by atoms with Crippen LogP contribution in [-0.2, 0) is 5.75 Å². The fraction of sp³-hybridized carbons (Fsp3) is 0.235. The molecule has 2 aromatic heterocycles. The SMILES string of the molecule is [N-]=[N+]=NCCCOc1ccc(CSc2nnc(-c3ccc(F)cc3)o2)nc1. The van der Waals surface area contributed by atoms with E-state index in [2.05, 4.69) is 25.2 Å². The zero-order valence-corrected chi connectivity index (χ0v) is 15.0. The van der Waals surface area contributed by atoms with Crippen LogP contribution in [0, 0.1) is 5.82 Å². The van der Waals surface area contributed by atoms with Crippen molar-refractivity contribution in [2.24, 2.45) is 5.11 Å². The van der Waals surface area contributed by atoms with Crippen molar-refractivity contribution >= 4 is 11.8 Å². The molecule has 2 heterocycles. The van der Waals surface area contributed by atoms with Crippen LogP contribution >= 0.6 is 11.8 Å². The summed E-state index contributed by atoms with van der Waals surface area (Å²) in [6, 6.07) is 9.54. The van der Waals surface area contributed by atoms with Gasteiger partial charge < -0.3 is 9.15 Å². The number of hydrogen-bond acceptors (Lipinski definition) is 7. The van der Waals surface area contributed by atoms with Crippen LogP contribution in [0.5, 0.6) is 5.75 Å². The van der Waals surface area contributed by atoms with Gasteiger partial charge in [-0.15, -0.1) is 10.2 Å². The molecule has 0 N–H and O–H groups in total. The molecule has 0 radical (unpaired) electrons. The van der Waals surface area contributed by atoms with E-state index in [4.69, 9.17) is 14.7 Å². The first-order chi connectivity index (χ1) is 13.2. The standard InChI is InChI=1S/C17H15FN6O2S/c18-13-4-2-12(3-5-13)16-22-23-17(26-16)27-11-14-6-7-15(10-20-14)25-9-1-8-21-24-19/h2-7,10H,1,8-9,11H2. The minimum absolute atomic E-state index is 0.318. The zero-order chi connectivity index (χ0) is 18.9. The third-order valence-electron chi connectivity index (χ3n) is 3.37. The number of thioether (sulfide) groups is 1. The maximum atomic E-state index is 13.0. The summed E-state index contributed by atoms with van der Waals surface area (Å²) in [5, 5.41) is 11.8. The molecule has 0 aliphatic carbocycles. The van der Waals surface area contributed by atoms with Gasteiger partial charge in [0.05, 0.1) is 18.5 Å². The molecule has 138 valence electrons. The van der Waals surface area contributed by atoms with Crippen molar-refractivity contribution in [1.82, 2.24) is 15.2 Å². The highest BCUT2D eigenvalue weighted by molar-refractivity contribution is 7.98. The maximum Gasteiger partial charge on any atom is 0.277 e. The Balaban J connectivity index is 1.48. The molecule has 0 spiro atoms. The van der Waals surface area contributed by atoms with E-state index in [0.717, 1.165) is 5.69 Å². The molecule has 27 heavy (non-hydrogen) atoms. The minimum Gasteiger partial charge on any atom is -0.492 e. The zero-order valence-electron chi connectivity index (χ0n) is 14.2. The fourth-order valence-corrected chi connectivity index (χ4v) is 2.74. The Morgan fingerprint density at radius 3 is 2.78 bits per heavy atom. The Labute approximate surface area is 158 Å². The summed E-state index contributed by atoms with van der Waals surface area (Å²) < 4.78 is 24.0. The van der Waals surface area contributed by atoms with Crippen molar-refractivity contribution in [3.63, 3.8) is 0 Å². The highest BCUT2D eigenvalue weighted by Crippen LogP contribution is 2.25. The monoisotopic (exact) mass is 386 g/mol. The van der Waals surface area contributed by atoms with Gasteiger partial charge in [-0.05, 0) is 48.4 Å². The van der Waals surface area contributed by atoms with Gasteiger partial charge in [0.15, 0.2) is 0 Å². The second kappa shape index (κ2) is 9.56. The number of nitrogens with zero attached hydrogens (tertiary/aromatic N) is 6. The Morgan fingerprint density at radius 1 is 1.19 bits per heavy atom. The van der Waals surface area contributed by atoms with Gasteiger partial charge in [0, 0.05) is 22.8 Å². The lowest BCUT2D eigenvalue weighted by Gasteiger charge is -2.05. The third kappa shape index (κ3) is 5.70. The number of pyridine rings is 1. The van der Waals surface area contributed by atoms with Crippen molar-refractivity contribution in [2.75, 3.05) is 13.2 Å². The first-order valence-corrected chi connectivity index (χ1v) is 9.04. The summed E-state index contributed by atoms with van der Waals surface area (Å²) in [5.41, 5.74) is 9.69. The molecule has 0 saturated heterocycles. The molecule has 3 aromatic rings. The average molecular weight is 386 g/mol. The van der Waals surface area contributed by atoms with Gasteiger partial charge in [-0.2, -0.15) is 0 Å². The van der Waals surface area contributed by atoms with Gasteiger partial charge in [0.1, 0.15) is 11.6 Å². The van der Waals surface area contributed by atoms with Crippen molar-refractivity contribution in [2.45, 2.75) is 17.4 Å². The molecule has 8 nitrogen and oxygen atoms in total. The largest absolute Gasteiger partial charge is 0.492 e. The van der Waals surface area contributed by atoms with Gasteiger partial charge in [0.25, 0.3) is 5.22 Å². The normalized spacial score (nSPS) is 10.4.